The van der Waals surface area contributed by atoms with Crippen molar-refractivity contribution in [3.05, 3.63) is 105 Å². The highest BCUT2D eigenvalue weighted by Gasteiger charge is 2.62. The fourth-order valence-electron chi connectivity index (χ4n) is 6.85. The van der Waals surface area contributed by atoms with E-state index < -0.39 is 52.0 Å². The monoisotopic (exact) mass is 613 g/mol. The number of aliphatic carboxylic acids is 1. The van der Waals surface area contributed by atoms with Gasteiger partial charge in [0.05, 0.1) is 16.8 Å². The molecule has 0 saturated carbocycles. The first-order chi connectivity index (χ1) is 21.5. The largest absolute Gasteiger partial charge is 0.504 e. The van der Waals surface area contributed by atoms with Crippen LogP contribution in [0.4, 0.5) is 5.69 Å². The van der Waals surface area contributed by atoms with Crippen molar-refractivity contribution in [1.82, 2.24) is 0 Å². The Labute approximate surface area is 255 Å². The number of nitro groups is 1. The molecule has 1 unspecified atom stereocenters. The Kier molecular flexibility index (Phi) is 6.22. The molecule has 45 heavy (non-hydrogen) atoms. The summed E-state index contributed by atoms with van der Waals surface area (Å²) in [6.45, 7) is 1.49. The highest BCUT2D eigenvalue weighted by atomic mass is 16.7. The number of nitrogens with zero attached hydrogens (tertiary/aromatic N) is 1. The minimum atomic E-state index is -1.84. The smallest absolute Gasteiger partial charge is 0.306 e. The molecule has 12 nitrogen and oxygen atoms in total. The van der Waals surface area contributed by atoms with Gasteiger partial charge in [-0.15, -0.1) is 0 Å². The topological polar surface area (TPSA) is 189 Å². The summed E-state index contributed by atoms with van der Waals surface area (Å²) in [5, 5.41) is 62.8. The van der Waals surface area contributed by atoms with Crippen molar-refractivity contribution >= 4 is 11.7 Å². The van der Waals surface area contributed by atoms with Crippen LogP contribution in [0, 0.1) is 22.0 Å². The zero-order valence-corrected chi connectivity index (χ0v) is 23.7. The molecular weight excluding hydrogens is 586 g/mol. The molecule has 0 aromatic heterocycles. The normalized spacial score (nSPS) is 23.2. The lowest BCUT2D eigenvalue weighted by atomic mass is 9.64. The van der Waals surface area contributed by atoms with Crippen molar-refractivity contribution in [3.8, 4) is 40.2 Å². The average Bonchev–Trinajstić information content (AvgIpc) is 3.02. The number of fused-ring (bicyclic) bond motifs is 8. The Morgan fingerprint density at radius 3 is 2.29 bits per heavy atom. The van der Waals surface area contributed by atoms with E-state index in [1.807, 2.05) is 6.07 Å². The Balaban J connectivity index is 1.50. The molecule has 4 aromatic carbocycles. The first-order valence-electron chi connectivity index (χ1n) is 14.2. The van der Waals surface area contributed by atoms with Gasteiger partial charge in [-0.1, -0.05) is 19.1 Å². The number of benzene rings is 4. The summed E-state index contributed by atoms with van der Waals surface area (Å²) in [5.41, 5.74) is 2.29. The summed E-state index contributed by atoms with van der Waals surface area (Å²) >= 11 is 0. The maximum absolute atomic E-state index is 12.7. The molecule has 7 rings (SSSR count). The quantitative estimate of drug-likeness (QED) is 0.107. The molecule has 3 aliphatic rings. The SMILES string of the molecule is CC(C(=O)O)[C@H]1[C@@H]2c3cc([N+](=O)[O-])ccc3O[C@@]1(c1ccc(O)c(O)c1)Oc1ccc3c(c12)O[C@@H](c1ccc(O)c(O)c1)CC3. The van der Waals surface area contributed by atoms with Gasteiger partial charge in [-0.2, -0.15) is 0 Å². The Bertz CT molecular complexity index is 1910. The molecule has 0 saturated heterocycles. The van der Waals surface area contributed by atoms with Crippen LogP contribution in [0.1, 0.15) is 53.2 Å². The molecular formula is C33H27NO11. The van der Waals surface area contributed by atoms with Crippen LogP contribution in [0.5, 0.6) is 40.2 Å². The number of non-ortho nitro benzene ring substituents is 1. The third kappa shape index (κ3) is 4.24. The van der Waals surface area contributed by atoms with E-state index in [9.17, 15) is 40.4 Å². The molecule has 0 fully saturated rings. The number of hydrogen-bond donors (Lipinski definition) is 5. The van der Waals surface area contributed by atoms with Gasteiger partial charge in [0.15, 0.2) is 23.0 Å². The molecule has 5 atom stereocenters. The fraction of sp³-hybridized carbons (Fsp3) is 0.242. The van der Waals surface area contributed by atoms with Crippen LogP contribution in [0.2, 0.25) is 0 Å². The zero-order valence-electron chi connectivity index (χ0n) is 23.7. The van der Waals surface area contributed by atoms with Gasteiger partial charge >= 0.3 is 5.97 Å². The second-order valence-electron chi connectivity index (χ2n) is 11.5. The van der Waals surface area contributed by atoms with E-state index in [4.69, 9.17) is 14.2 Å². The lowest BCUT2D eigenvalue weighted by Crippen LogP contribution is -2.57. The fourth-order valence-corrected chi connectivity index (χ4v) is 6.85. The van der Waals surface area contributed by atoms with Gasteiger partial charge in [-0.3, -0.25) is 14.9 Å². The number of aromatic hydroxyl groups is 4. The van der Waals surface area contributed by atoms with Gasteiger partial charge in [0.2, 0.25) is 0 Å². The highest BCUT2D eigenvalue weighted by molar-refractivity contribution is 5.72. The molecule has 4 aromatic rings. The van der Waals surface area contributed by atoms with E-state index in [-0.39, 0.29) is 34.2 Å². The first kappa shape index (κ1) is 28.1. The van der Waals surface area contributed by atoms with Gasteiger partial charge < -0.3 is 39.7 Å². The molecule has 2 bridgehead atoms. The van der Waals surface area contributed by atoms with Crippen molar-refractivity contribution in [1.29, 1.82) is 0 Å². The van der Waals surface area contributed by atoms with Crippen LogP contribution in [-0.4, -0.2) is 36.4 Å². The van der Waals surface area contributed by atoms with E-state index in [0.29, 0.717) is 35.3 Å². The van der Waals surface area contributed by atoms with Crippen molar-refractivity contribution in [3.63, 3.8) is 0 Å². The maximum Gasteiger partial charge on any atom is 0.306 e. The zero-order chi connectivity index (χ0) is 31.8. The number of aryl methyl sites for hydroxylation is 1. The average molecular weight is 614 g/mol. The molecule has 5 N–H and O–H groups in total. The van der Waals surface area contributed by atoms with Crippen LogP contribution >= 0.6 is 0 Å². The second-order valence-corrected chi connectivity index (χ2v) is 11.5. The van der Waals surface area contributed by atoms with Crippen molar-refractivity contribution < 1.29 is 49.5 Å². The number of rotatable bonds is 5. The van der Waals surface area contributed by atoms with Crippen molar-refractivity contribution in [2.75, 3.05) is 0 Å². The molecule has 0 amide bonds. The number of carbonyl (C=O) groups is 1. The van der Waals surface area contributed by atoms with Crippen LogP contribution < -0.4 is 14.2 Å². The maximum atomic E-state index is 12.7. The van der Waals surface area contributed by atoms with Gasteiger partial charge in [0, 0.05) is 34.7 Å². The number of carboxylic acids is 1. The van der Waals surface area contributed by atoms with Crippen molar-refractivity contribution in [2.24, 2.45) is 11.8 Å². The van der Waals surface area contributed by atoms with E-state index in [1.54, 1.807) is 12.1 Å². The minimum absolute atomic E-state index is 0.214. The van der Waals surface area contributed by atoms with Crippen LogP contribution in [0.25, 0.3) is 0 Å². The second kappa shape index (κ2) is 9.94. The van der Waals surface area contributed by atoms with Gasteiger partial charge in [-0.25, -0.2) is 0 Å². The number of ether oxygens (including phenoxy) is 3. The predicted molar refractivity (Wildman–Crippen MR) is 156 cm³/mol. The molecule has 230 valence electrons. The Morgan fingerprint density at radius 1 is 0.911 bits per heavy atom. The molecule has 0 spiro atoms. The summed E-state index contributed by atoms with van der Waals surface area (Å²) in [6, 6.07) is 16.0. The Hall–Kier alpha value is -5.65. The van der Waals surface area contributed by atoms with Gasteiger partial charge in [0.1, 0.15) is 23.4 Å². The third-order valence-corrected chi connectivity index (χ3v) is 9.02. The summed E-state index contributed by atoms with van der Waals surface area (Å²) in [5.74, 6) is -6.60. The first-order valence-corrected chi connectivity index (χ1v) is 14.2. The van der Waals surface area contributed by atoms with E-state index in [0.717, 1.165) is 5.56 Å². The lowest BCUT2D eigenvalue weighted by Gasteiger charge is -2.53. The molecule has 3 aliphatic heterocycles. The molecule has 0 aliphatic carbocycles. The molecule has 12 heteroatoms. The van der Waals surface area contributed by atoms with E-state index >= 15 is 0 Å². The standard InChI is InChI=1S/C33H27NO11/c1-15(32(39)40)30-28-20-14-19(34(41)42)6-11-26(20)44-33(30,18-5-8-22(36)24(38)13-18)45-27-10-4-16-3-9-25(43-31(16)29(27)28)17-2-7-21(35)23(37)12-17/h2,4-8,10-15,25,28,30,35-38H,3,9H2,1H3,(H,39,40)/t15?,25-,28-,30+,33+/m1/s1. The van der Waals surface area contributed by atoms with E-state index in [1.165, 1.54) is 55.5 Å². The highest BCUT2D eigenvalue weighted by Crippen LogP contribution is 2.63. The number of phenols is 4. The van der Waals surface area contributed by atoms with Crippen LogP contribution in [-0.2, 0) is 17.0 Å². The molecule has 0 radical (unpaired) electrons. The van der Waals surface area contributed by atoms with Crippen LogP contribution in [0.3, 0.4) is 0 Å². The van der Waals surface area contributed by atoms with Gasteiger partial charge in [0.25, 0.3) is 11.5 Å². The summed E-state index contributed by atoms with van der Waals surface area (Å²) in [4.78, 5) is 24.1. The van der Waals surface area contributed by atoms with Gasteiger partial charge in [-0.05, 0) is 66.4 Å². The van der Waals surface area contributed by atoms with Crippen LogP contribution in [0.15, 0.2) is 66.7 Å². The predicted octanol–water partition coefficient (Wildman–Crippen LogP) is 5.59. The molecule has 3 heterocycles. The number of hydrogen-bond acceptors (Lipinski definition) is 10. The third-order valence-electron chi connectivity index (χ3n) is 9.02. The number of phenolic OH excluding ortho intramolecular Hbond substituents is 4. The lowest BCUT2D eigenvalue weighted by molar-refractivity contribution is -0.385. The number of nitro benzene ring substituents is 1. The Morgan fingerprint density at radius 2 is 1.60 bits per heavy atom. The van der Waals surface area contributed by atoms with E-state index in [2.05, 4.69) is 0 Å². The minimum Gasteiger partial charge on any atom is -0.504 e. The van der Waals surface area contributed by atoms with Crippen molar-refractivity contribution in [2.45, 2.75) is 37.6 Å². The summed E-state index contributed by atoms with van der Waals surface area (Å²) < 4.78 is 19.8. The summed E-state index contributed by atoms with van der Waals surface area (Å²) in [7, 11) is 0. The number of carboxylic acid groups (broad SMARTS) is 1. The summed E-state index contributed by atoms with van der Waals surface area (Å²) in [6.07, 6.45) is 0.546.